The second kappa shape index (κ2) is 9.62. The van der Waals surface area contributed by atoms with Crippen molar-refractivity contribution in [2.24, 2.45) is 0 Å². The van der Waals surface area contributed by atoms with Gasteiger partial charge in [0.15, 0.2) is 0 Å². The maximum absolute atomic E-state index is 12.7. The van der Waals surface area contributed by atoms with Crippen LogP contribution in [0.3, 0.4) is 0 Å². The summed E-state index contributed by atoms with van der Waals surface area (Å²) in [6.07, 6.45) is 2.20. The van der Waals surface area contributed by atoms with Gasteiger partial charge in [0.1, 0.15) is 6.04 Å². The lowest BCUT2D eigenvalue weighted by atomic mass is 10.0. The largest absolute Gasteiger partial charge is 0.352 e. The fourth-order valence-electron chi connectivity index (χ4n) is 2.68. The fraction of sp³-hybridized carbons (Fsp3) is 0.333. The van der Waals surface area contributed by atoms with Gasteiger partial charge in [0.05, 0.1) is 0 Å². The highest BCUT2D eigenvalue weighted by Gasteiger charge is 2.23. The molecule has 0 spiro atoms. The van der Waals surface area contributed by atoms with Crippen molar-refractivity contribution in [1.82, 2.24) is 10.6 Å². The maximum atomic E-state index is 12.7. The van der Waals surface area contributed by atoms with Gasteiger partial charge in [0, 0.05) is 18.0 Å². The molecule has 132 valence electrons. The lowest BCUT2D eigenvalue weighted by Crippen LogP contribution is -2.50. The number of carbonyl (C=O) groups excluding carboxylic acids is 2. The zero-order chi connectivity index (χ0) is 18.1. The van der Waals surface area contributed by atoms with Crippen molar-refractivity contribution in [3.05, 3.63) is 71.8 Å². The van der Waals surface area contributed by atoms with E-state index in [2.05, 4.69) is 10.6 Å². The van der Waals surface area contributed by atoms with Gasteiger partial charge in [-0.3, -0.25) is 9.59 Å². The molecule has 0 fully saturated rings. The molecular formula is C21H26N2O2. The third-order valence-corrected chi connectivity index (χ3v) is 4.27. The molecule has 0 heterocycles. The van der Waals surface area contributed by atoms with E-state index < -0.39 is 6.04 Å². The first-order chi connectivity index (χ1) is 12.1. The minimum Gasteiger partial charge on any atom is -0.352 e. The number of nitrogens with one attached hydrogen (secondary N) is 2. The molecule has 2 aromatic rings. The van der Waals surface area contributed by atoms with Crippen LogP contribution < -0.4 is 10.6 Å². The zero-order valence-electron chi connectivity index (χ0n) is 14.9. The first-order valence-corrected chi connectivity index (χ1v) is 8.84. The van der Waals surface area contributed by atoms with Crippen LogP contribution in [0.15, 0.2) is 60.7 Å². The second-order valence-corrected chi connectivity index (χ2v) is 6.10. The molecule has 25 heavy (non-hydrogen) atoms. The normalized spacial score (nSPS) is 11.8. The van der Waals surface area contributed by atoms with E-state index in [4.69, 9.17) is 0 Å². The van der Waals surface area contributed by atoms with E-state index in [0.717, 1.165) is 18.4 Å². The Hall–Kier alpha value is -2.62. The molecule has 0 bridgehead atoms. The first-order valence-electron chi connectivity index (χ1n) is 8.84. The molecule has 1 atom stereocenters. The Kier molecular flexibility index (Phi) is 7.20. The summed E-state index contributed by atoms with van der Waals surface area (Å²) in [7, 11) is 0. The van der Waals surface area contributed by atoms with Gasteiger partial charge in [-0.15, -0.1) is 0 Å². The van der Waals surface area contributed by atoms with Gasteiger partial charge in [-0.1, -0.05) is 62.4 Å². The summed E-state index contributed by atoms with van der Waals surface area (Å²) in [6.45, 7) is 4.09. The molecule has 2 rings (SSSR count). The summed E-state index contributed by atoms with van der Waals surface area (Å²) < 4.78 is 0. The molecule has 0 aliphatic heterocycles. The molecular weight excluding hydrogens is 312 g/mol. The number of rotatable bonds is 8. The minimum atomic E-state index is -0.601. The van der Waals surface area contributed by atoms with Crippen molar-refractivity contribution in [3.63, 3.8) is 0 Å². The number of amides is 2. The number of hydrogen-bond donors (Lipinski definition) is 2. The molecule has 2 aromatic carbocycles. The number of benzene rings is 2. The highest BCUT2D eigenvalue weighted by Crippen LogP contribution is 2.07. The van der Waals surface area contributed by atoms with Gasteiger partial charge < -0.3 is 10.6 Å². The van der Waals surface area contributed by atoms with Gasteiger partial charge in [0.2, 0.25) is 5.91 Å². The Bertz CT molecular complexity index is 667. The Morgan fingerprint density at radius 1 is 0.840 bits per heavy atom. The Morgan fingerprint density at radius 2 is 1.40 bits per heavy atom. The zero-order valence-corrected chi connectivity index (χ0v) is 14.9. The quantitative estimate of drug-likeness (QED) is 0.776. The highest BCUT2D eigenvalue weighted by molar-refractivity contribution is 5.97. The molecule has 4 nitrogen and oxygen atoms in total. The predicted octanol–water partition coefficient (Wildman–Crippen LogP) is 3.33. The predicted molar refractivity (Wildman–Crippen MR) is 100 cm³/mol. The molecule has 0 saturated heterocycles. The summed E-state index contributed by atoms with van der Waals surface area (Å²) in [5, 5.41) is 5.92. The Morgan fingerprint density at radius 3 is 1.96 bits per heavy atom. The topological polar surface area (TPSA) is 58.2 Å². The van der Waals surface area contributed by atoms with Gasteiger partial charge >= 0.3 is 0 Å². The van der Waals surface area contributed by atoms with Crippen LogP contribution in [0.5, 0.6) is 0 Å². The van der Waals surface area contributed by atoms with E-state index in [0.29, 0.717) is 12.0 Å². The van der Waals surface area contributed by atoms with Crippen molar-refractivity contribution in [2.45, 2.75) is 45.2 Å². The molecule has 4 heteroatoms. The van der Waals surface area contributed by atoms with Crippen molar-refractivity contribution in [2.75, 3.05) is 0 Å². The smallest absolute Gasteiger partial charge is 0.251 e. The summed E-state index contributed by atoms with van der Waals surface area (Å²) >= 11 is 0. The molecule has 0 radical (unpaired) electrons. The molecule has 2 N–H and O–H groups in total. The summed E-state index contributed by atoms with van der Waals surface area (Å²) in [4.78, 5) is 25.2. The average molecular weight is 338 g/mol. The van der Waals surface area contributed by atoms with E-state index in [1.807, 2.05) is 62.4 Å². The van der Waals surface area contributed by atoms with Crippen LogP contribution >= 0.6 is 0 Å². The van der Waals surface area contributed by atoms with Crippen LogP contribution in [0.1, 0.15) is 42.6 Å². The van der Waals surface area contributed by atoms with Crippen LogP contribution in [0.2, 0.25) is 0 Å². The van der Waals surface area contributed by atoms with Gasteiger partial charge in [-0.25, -0.2) is 0 Å². The SMILES string of the molecule is CCC(CC)NC(=O)[C@H](Cc1ccccc1)NC(=O)c1ccccc1. The van der Waals surface area contributed by atoms with Crippen LogP contribution in [0, 0.1) is 0 Å². The number of hydrogen-bond acceptors (Lipinski definition) is 2. The monoisotopic (exact) mass is 338 g/mol. The third kappa shape index (κ3) is 5.75. The molecule has 0 aliphatic carbocycles. The van der Waals surface area contributed by atoms with Crippen molar-refractivity contribution in [3.8, 4) is 0 Å². The average Bonchev–Trinajstić information content (AvgIpc) is 2.66. The van der Waals surface area contributed by atoms with E-state index >= 15 is 0 Å². The second-order valence-electron chi connectivity index (χ2n) is 6.10. The molecule has 0 saturated carbocycles. The van der Waals surface area contributed by atoms with E-state index in [1.54, 1.807) is 12.1 Å². The summed E-state index contributed by atoms with van der Waals surface area (Å²) in [5.41, 5.74) is 1.57. The van der Waals surface area contributed by atoms with Crippen LogP contribution in [-0.4, -0.2) is 23.9 Å². The molecule has 0 unspecified atom stereocenters. The van der Waals surface area contributed by atoms with Crippen molar-refractivity contribution >= 4 is 11.8 Å². The molecule has 0 aliphatic rings. The van der Waals surface area contributed by atoms with Crippen LogP contribution in [0.4, 0.5) is 0 Å². The van der Waals surface area contributed by atoms with E-state index in [1.165, 1.54) is 0 Å². The van der Waals surface area contributed by atoms with E-state index in [-0.39, 0.29) is 17.9 Å². The lowest BCUT2D eigenvalue weighted by molar-refractivity contribution is -0.123. The Balaban J connectivity index is 2.13. The van der Waals surface area contributed by atoms with Crippen molar-refractivity contribution in [1.29, 1.82) is 0 Å². The number of carbonyl (C=O) groups is 2. The standard InChI is InChI=1S/C21H26N2O2/c1-3-18(4-2)22-21(25)19(15-16-11-7-5-8-12-16)23-20(24)17-13-9-6-10-14-17/h5-14,18-19H,3-4,15H2,1-2H3,(H,22,25)(H,23,24)/t19-/m0/s1. The lowest BCUT2D eigenvalue weighted by Gasteiger charge is -2.22. The van der Waals surface area contributed by atoms with Crippen LogP contribution in [0.25, 0.3) is 0 Å². The fourth-order valence-corrected chi connectivity index (χ4v) is 2.68. The third-order valence-electron chi connectivity index (χ3n) is 4.27. The van der Waals surface area contributed by atoms with Crippen LogP contribution in [-0.2, 0) is 11.2 Å². The maximum Gasteiger partial charge on any atom is 0.251 e. The Labute approximate surface area is 149 Å². The molecule has 0 aromatic heterocycles. The highest BCUT2D eigenvalue weighted by atomic mass is 16.2. The van der Waals surface area contributed by atoms with Gasteiger partial charge in [-0.2, -0.15) is 0 Å². The molecule has 2 amide bonds. The summed E-state index contributed by atoms with van der Waals surface area (Å²) in [5.74, 6) is -0.372. The van der Waals surface area contributed by atoms with E-state index in [9.17, 15) is 9.59 Å². The summed E-state index contributed by atoms with van der Waals surface area (Å²) in [6, 6.07) is 18.2. The van der Waals surface area contributed by atoms with Gasteiger partial charge in [0.25, 0.3) is 5.91 Å². The first kappa shape index (κ1) is 18.7. The van der Waals surface area contributed by atoms with Gasteiger partial charge in [-0.05, 0) is 30.5 Å². The van der Waals surface area contributed by atoms with Crippen molar-refractivity contribution < 1.29 is 9.59 Å². The minimum absolute atomic E-state index is 0.124.